The largest absolute Gasteiger partial charge is 0.481 e. The highest BCUT2D eigenvalue weighted by molar-refractivity contribution is 5.92. The number of nitrogens with two attached hydrogens (primary N) is 1. The maximum atomic E-state index is 14.9. The maximum absolute atomic E-state index is 14.9. The molecule has 1 amide bonds. The number of carbonyl (C=O) groups is 2. The molecular formula is C21H24FN3O3. The molecule has 28 heavy (non-hydrogen) atoms. The Bertz CT molecular complexity index is 921. The molecule has 0 saturated heterocycles. The first-order valence-electron chi connectivity index (χ1n) is 9.43. The molecular weight excluding hydrogens is 361 g/mol. The zero-order valence-corrected chi connectivity index (χ0v) is 16.0. The number of rotatable bonds is 5. The molecule has 0 aliphatic heterocycles. The van der Waals surface area contributed by atoms with Gasteiger partial charge in [-0.25, -0.2) is 9.37 Å². The van der Waals surface area contributed by atoms with Gasteiger partial charge in [0.05, 0.1) is 17.1 Å². The first-order valence-corrected chi connectivity index (χ1v) is 9.43. The van der Waals surface area contributed by atoms with Gasteiger partial charge in [-0.3, -0.25) is 14.6 Å². The number of amides is 1. The van der Waals surface area contributed by atoms with E-state index >= 15 is 0 Å². The fourth-order valence-electron chi connectivity index (χ4n) is 4.07. The number of carboxylic acids is 1. The van der Waals surface area contributed by atoms with Gasteiger partial charge in [-0.2, -0.15) is 0 Å². The summed E-state index contributed by atoms with van der Waals surface area (Å²) in [5.74, 6) is -1.49. The van der Waals surface area contributed by atoms with E-state index in [0.717, 1.165) is 25.7 Å². The number of aromatic nitrogens is 2. The lowest BCUT2D eigenvalue weighted by Crippen LogP contribution is -2.17. The van der Waals surface area contributed by atoms with Gasteiger partial charge in [0.15, 0.2) is 0 Å². The predicted molar refractivity (Wildman–Crippen MR) is 102 cm³/mol. The Labute approximate surface area is 163 Å². The molecule has 1 aromatic heterocycles. The Kier molecular flexibility index (Phi) is 5.72. The van der Waals surface area contributed by atoms with Crippen LogP contribution in [0.25, 0.3) is 11.3 Å². The Morgan fingerprint density at radius 1 is 1.14 bits per heavy atom. The second-order valence-corrected chi connectivity index (χ2v) is 7.51. The second kappa shape index (κ2) is 8.04. The van der Waals surface area contributed by atoms with E-state index in [4.69, 9.17) is 10.8 Å². The highest BCUT2D eigenvalue weighted by Gasteiger charge is 2.26. The third kappa shape index (κ3) is 4.18. The van der Waals surface area contributed by atoms with Gasteiger partial charge in [-0.1, -0.05) is 12.1 Å². The zero-order chi connectivity index (χ0) is 20.4. The summed E-state index contributed by atoms with van der Waals surface area (Å²) in [6.45, 7) is 3.42. The summed E-state index contributed by atoms with van der Waals surface area (Å²) < 4.78 is 14.9. The van der Waals surface area contributed by atoms with Crippen LogP contribution in [0, 0.1) is 25.6 Å². The van der Waals surface area contributed by atoms with Crippen LogP contribution in [0.4, 0.5) is 4.39 Å². The number of aryl methyl sites for hydroxylation is 2. The predicted octanol–water partition coefficient (Wildman–Crippen LogP) is 3.75. The van der Waals surface area contributed by atoms with Crippen LogP contribution in [-0.2, 0) is 4.79 Å². The summed E-state index contributed by atoms with van der Waals surface area (Å²) in [5.41, 5.74) is 8.12. The lowest BCUT2D eigenvalue weighted by molar-refractivity contribution is -0.138. The van der Waals surface area contributed by atoms with Gasteiger partial charge in [-0.05, 0) is 63.0 Å². The van der Waals surface area contributed by atoms with Crippen LogP contribution in [0.1, 0.15) is 65.5 Å². The second-order valence-electron chi connectivity index (χ2n) is 7.51. The molecule has 0 bridgehead atoms. The van der Waals surface area contributed by atoms with Gasteiger partial charge in [0, 0.05) is 12.0 Å². The fourth-order valence-corrected chi connectivity index (χ4v) is 4.07. The van der Waals surface area contributed by atoms with Crippen LogP contribution >= 0.6 is 0 Å². The summed E-state index contributed by atoms with van der Waals surface area (Å²) in [4.78, 5) is 31.0. The van der Waals surface area contributed by atoms with Gasteiger partial charge in [-0.15, -0.1) is 0 Å². The Hall–Kier alpha value is -2.83. The minimum Gasteiger partial charge on any atom is -0.481 e. The molecule has 1 aliphatic carbocycles. The van der Waals surface area contributed by atoms with Crippen molar-refractivity contribution in [1.29, 1.82) is 0 Å². The molecule has 7 heteroatoms. The van der Waals surface area contributed by atoms with Crippen LogP contribution in [0.15, 0.2) is 18.2 Å². The van der Waals surface area contributed by atoms with Crippen molar-refractivity contribution in [3.63, 3.8) is 0 Å². The van der Waals surface area contributed by atoms with Gasteiger partial charge >= 0.3 is 5.97 Å². The normalized spacial score (nSPS) is 19.4. The fraction of sp³-hybridized carbons (Fsp3) is 0.429. The van der Waals surface area contributed by atoms with E-state index in [0.29, 0.717) is 28.2 Å². The van der Waals surface area contributed by atoms with Crippen molar-refractivity contribution in [2.45, 2.75) is 51.9 Å². The van der Waals surface area contributed by atoms with E-state index in [2.05, 4.69) is 9.97 Å². The number of halogens is 1. The summed E-state index contributed by atoms with van der Waals surface area (Å²) >= 11 is 0. The summed E-state index contributed by atoms with van der Waals surface area (Å²) in [6.07, 6.45) is 3.33. The number of nitrogens with zero attached hydrogens (tertiary/aromatic N) is 2. The summed E-state index contributed by atoms with van der Waals surface area (Å²) in [6, 6.07) is 4.98. The molecule has 0 atom stereocenters. The van der Waals surface area contributed by atoms with Crippen molar-refractivity contribution in [2.24, 2.45) is 11.7 Å². The van der Waals surface area contributed by atoms with Crippen LogP contribution in [0.2, 0.25) is 0 Å². The molecule has 1 aromatic carbocycles. The maximum Gasteiger partial charge on any atom is 0.303 e. The number of benzene rings is 1. The summed E-state index contributed by atoms with van der Waals surface area (Å²) in [7, 11) is 0. The van der Waals surface area contributed by atoms with Crippen molar-refractivity contribution in [3.8, 4) is 11.3 Å². The van der Waals surface area contributed by atoms with Gasteiger partial charge in [0.1, 0.15) is 11.5 Å². The van der Waals surface area contributed by atoms with E-state index in [-0.39, 0.29) is 29.8 Å². The Balaban J connectivity index is 1.83. The first kappa shape index (κ1) is 19.9. The number of hydrogen-bond donors (Lipinski definition) is 2. The average molecular weight is 385 g/mol. The topological polar surface area (TPSA) is 106 Å². The standard InChI is InChI=1S/C21H24FN3O3/c1-11-19(25-20(21(23)28)12(2)24-11)15-7-8-16(17(22)10-15)14-5-3-13(4-6-14)9-18(26)27/h7-8,10,13-14H,3-6,9H2,1-2H3,(H2,23,28)(H,26,27)/t13-,14-. The van der Waals surface area contributed by atoms with E-state index < -0.39 is 11.9 Å². The van der Waals surface area contributed by atoms with Crippen LogP contribution in [0.5, 0.6) is 0 Å². The van der Waals surface area contributed by atoms with Gasteiger partial charge < -0.3 is 10.8 Å². The minimum absolute atomic E-state index is 0.0850. The average Bonchev–Trinajstić information content (AvgIpc) is 2.62. The molecule has 0 spiro atoms. The molecule has 1 heterocycles. The molecule has 3 N–H and O–H groups in total. The molecule has 2 aromatic rings. The number of hydrogen-bond acceptors (Lipinski definition) is 4. The SMILES string of the molecule is Cc1nc(C)c(-c2ccc([C@H]3CC[C@H](CC(=O)O)CC3)c(F)c2)nc1C(N)=O. The third-order valence-electron chi connectivity index (χ3n) is 5.50. The first-order chi connectivity index (χ1) is 13.3. The monoisotopic (exact) mass is 385 g/mol. The summed E-state index contributed by atoms with van der Waals surface area (Å²) in [5, 5.41) is 8.92. The lowest BCUT2D eigenvalue weighted by atomic mass is 9.77. The van der Waals surface area contributed by atoms with Crippen molar-refractivity contribution >= 4 is 11.9 Å². The number of carbonyl (C=O) groups excluding carboxylic acids is 1. The quantitative estimate of drug-likeness (QED) is 0.815. The van der Waals surface area contributed by atoms with Crippen molar-refractivity contribution in [3.05, 3.63) is 46.7 Å². The third-order valence-corrected chi connectivity index (χ3v) is 5.50. The van der Waals surface area contributed by atoms with Crippen molar-refractivity contribution in [1.82, 2.24) is 9.97 Å². The molecule has 1 aliphatic rings. The van der Waals surface area contributed by atoms with Gasteiger partial charge in [0.2, 0.25) is 0 Å². The van der Waals surface area contributed by atoms with E-state index in [1.807, 2.05) is 0 Å². The Morgan fingerprint density at radius 3 is 2.39 bits per heavy atom. The van der Waals surface area contributed by atoms with E-state index in [1.165, 1.54) is 6.07 Å². The highest BCUT2D eigenvalue weighted by Crippen LogP contribution is 2.38. The lowest BCUT2D eigenvalue weighted by Gasteiger charge is -2.28. The Morgan fingerprint density at radius 2 is 1.82 bits per heavy atom. The smallest absolute Gasteiger partial charge is 0.303 e. The van der Waals surface area contributed by atoms with Gasteiger partial charge in [0.25, 0.3) is 5.91 Å². The van der Waals surface area contributed by atoms with E-state index in [9.17, 15) is 14.0 Å². The van der Waals surface area contributed by atoms with Crippen molar-refractivity contribution < 1.29 is 19.1 Å². The minimum atomic E-state index is -0.774. The highest BCUT2D eigenvalue weighted by atomic mass is 19.1. The van der Waals surface area contributed by atoms with Crippen LogP contribution in [-0.4, -0.2) is 27.0 Å². The number of aliphatic carboxylic acids is 1. The number of primary amides is 1. The van der Waals surface area contributed by atoms with Crippen LogP contribution < -0.4 is 5.73 Å². The zero-order valence-electron chi connectivity index (χ0n) is 16.0. The molecule has 3 rings (SSSR count). The molecule has 148 valence electrons. The molecule has 0 unspecified atom stereocenters. The molecule has 0 radical (unpaired) electrons. The molecule has 6 nitrogen and oxygen atoms in total. The van der Waals surface area contributed by atoms with Crippen molar-refractivity contribution in [2.75, 3.05) is 0 Å². The van der Waals surface area contributed by atoms with E-state index in [1.54, 1.807) is 26.0 Å². The van der Waals surface area contributed by atoms with Crippen LogP contribution in [0.3, 0.4) is 0 Å². The number of carboxylic acid groups (broad SMARTS) is 1. The molecule has 1 saturated carbocycles. The molecule has 1 fully saturated rings.